The van der Waals surface area contributed by atoms with Crippen molar-refractivity contribution in [2.24, 2.45) is 0 Å². The first-order valence-electron chi connectivity index (χ1n) is 5.97. The van der Waals surface area contributed by atoms with Gasteiger partial charge in [0.15, 0.2) is 0 Å². The monoisotopic (exact) mass is 257 g/mol. The third-order valence-corrected chi connectivity index (χ3v) is 2.62. The van der Waals surface area contributed by atoms with E-state index >= 15 is 0 Å². The Labute approximate surface area is 111 Å². The smallest absolute Gasteiger partial charge is 0.244 e. The van der Waals surface area contributed by atoms with Crippen LogP contribution in [-0.4, -0.2) is 17.6 Å². The molecule has 1 atom stereocenters. The Balaban J connectivity index is 1.80. The number of carbonyl (C=O) groups is 1. The summed E-state index contributed by atoms with van der Waals surface area (Å²) in [6.07, 6.45) is 5.34. The Hall–Kier alpha value is -2.33. The molecule has 2 rings (SSSR count). The summed E-state index contributed by atoms with van der Waals surface area (Å²) in [5.41, 5.74) is 1.60. The van der Waals surface area contributed by atoms with Gasteiger partial charge in [-0.3, -0.25) is 4.79 Å². The standard InChI is InChI=1S/C15H15NO3/c17-14(13-8-9-19-11-13)10-16-15(18)7-6-12-4-2-1-3-5-12/h1-9,11,14,17H,10H2,(H,16,18)/b7-6+/t14-/m1/s1. The molecule has 1 aromatic heterocycles. The summed E-state index contributed by atoms with van der Waals surface area (Å²) in [6.45, 7) is 0.150. The normalized spacial score (nSPS) is 12.5. The number of furan rings is 1. The number of hydrogen-bond acceptors (Lipinski definition) is 3. The maximum Gasteiger partial charge on any atom is 0.244 e. The average molecular weight is 257 g/mol. The molecule has 98 valence electrons. The van der Waals surface area contributed by atoms with Crippen LogP contribution in [0, 0.1) is 0 Å². The van der Waals surface area contributed by atoms with Gasteiger partial charge >= 0.3 is 0 Å². The Kier molecular flexibility index (Phi) is 4.53. The van der Waals surface area contributed by atoms with E-state index in [4.69, 9.17) is 4.42 Å². The van der Waals surface area contributed by atoms with Gasteiger partial charge in [-0.1, -0.05) is 30.3 Å². The van der Waals surface area contributed by atoms with Crippen LogP contribution >= 0.6 is 0 Å². The Bertz CT molecular complexity index is 532. The van der Waals surface area contributed by atoms with Crippen molar-refractivity contribution in [2.75, 3.05) is 6.54 Å². The van der Waals surface area contributed by atoms with Gasteiger partial charge in [-0.05, 0) is 17.7 Å². The van der Waals surface area contributed by atoms with Gasteiger partial charge in [0.1, 0.15) is 0 Å². The highest BCUT2D eigenvalue weighted by Crippen LogP contribution is 2.11. The molecule has 19 heavy (non-hydrogen) atoms. The van der Waals surface area contributed by atoms with E-state index in [1.54, 1.807) is 12.1 Å². The lowest BCUT2D eigenvalue weighted by molar-refractivity contribution is -0.116. The highest BCUT2D eigenvalue weighted by atomic mass is 16.3. The number of nitrogens with one attached hydrogen (secondary N) is 1. The fourth-order valence-corrected chi connectivity index (χ4v) is 1.57. The van der Waals surface area contributed by atoms with Crippen LogP contribution in [0.4, 0.5) is 0 Å². The SMILES string of the molecule is O=C(/C=C/c1ccccc1)NC[C@@H](O)c1ccoc1. The minimum atomic E-state index is -0.757. The molecule has 1 amide bonds. The van der Waals surface area contributed by atoms with Crippen molar-refractivity contribution in [3.8, 4) is 0 Å². The van der Waals surface area contributed by atoms with Crippen LogP contribution in [0.3, 0.4) is 0 Å². The Morgan fingerprint density at radius 1 is 1.32 bits per heavy atom. The summed E-state index contributed by atoms with van der Waals surface area (Å²) in [5, 5.41) is 12.4. The molecular weight excluding hydrogens is 242 g/mol. The summed E-state index contributed by atoms with van der Waals surface area (Å²) >= 11 is 0. The largest absolute Gasteiger partial charge is 0.472 e. The molecule has 4 heteroatoms. The molecule has 0 aliphatic rings. The second-order valence-electron chi connectivity index (χ2n) is 4.06. The first-order valence-corrected chi connectivity index (χ1v) is 5.97. The predicted octanol–water partition coefficient (Wildman–Crippen LogP) is 2.14. The molecule has 0 saturated heterocycles. The third kappa shape index (κ3) is 4.12. The second-order valence-corrected chi connectivity index (χ2v) is 4.06. The topological polar surface area (TPSA) is 62.5 Å². The number of aliphatic hydroxyl groups excluding tert-OH is 1. The van der Waals surface area contributed by atoms with Gasteiger partial charge in [-0.25, -0.2) is 0 Å². The first-order chi connectivity index (χ1) is 9.25. The zero-order valence-electron chi connectivity index (χ0n) is 10.3. The van der Waals surface area contributed by atoms with Crippen LogP contribution < -0.4 is 5.32 Å². The van der Waals surface area contributed by atoms with Crippen LogP contribution in [0.25, 0.3) is 6.08 Å². The predicted molar refractivity (Wildman–Crippen MR) is 72.2 cm³/mol. The average Bonchev–Trinajstić information content (AvgIpc) is 2.98. The van der Waals surface area contributed by atoms with Crippen LogP contribution in [0.2, 0.25) is 0 Å². The second kappa shape index (κ2) is 6.56. The number of rotatable bonds is 5. The molecule has 0 aliphatic heterocycles. The quantitative estimate of drug-likeness (QED) is 0.807. The van der Waals surface area contributed by atoms with Crippen LogP contribution in [0.1, 0.15) is 17.2 Å². The van der Waals surface area contributed by atoms with E-state index in [1.165, 1.54) is 18.6 Å². The molecule has 1 heterocycles. The molecule has 0 saturated carbocycles. The summed E-state index contributed by atoms with van der Waals surface area (Å²) in [7, 11) is 0. The zero-order chi connectivity index (χ0) is 13.5. The van der Waals surface area contributed by atoms with E-state index < -0.39 is 6.10 Å². The van der Waals surface area contributed by atoms with Crippen molar-refractivity contribution in [3.05, 3.63) is 66.1 Å². The molecule has 0 radical (unpaired) electrons. The van der Waals surface area contributed by atoms with Gasteiger partial charge in [0.05, 0.1) is 18.6 Å². The molecule has 2 aromatic rings. The summed E-state index contributed by atoms with van der Waals surface area (Å²) in [6, 6.07) is 11.2. The van der Waals surface area contributed by atoms with Gasteiger partial charge in [0.25, 0.3) is 0 Å². The minimum Gasteiger partial charge on any atom is -0.472 e. The number of aliphatic hydroxyl groups is 1. The molecule has 0 aliphatic carbocycles. The minimum absolute atomic E-state index is 0.150. The number of carbonyl (C=O) groups excluding carboxylic acids is 1. The molecule has 1 aromatic carbocycles. The van der Waals surface area contributed by atoms with E-state index in [0.717, 1.165) is 5.56 Å². The van der Waals surface area contributed by atoms with Crippen molar-refractivity contribution in [1.82, 2.24) is 5.32 Å². The van der Waals surface area contributed by atoms with Crippen molar-refractivity contribution in [1.29, 1.82) is 0 Å². The lowest BCUT2D eigenvalue weighted by Crippen LogP contribution is -2.26. The summed E-state index contributed by atoms with van der Waals surface area (Å²) in [4.78, 5) is 11.6. The van der Waals surface area contributed by atoms with Crippen molar-refractivity contribution >= 4 is 12.0 Å². The lowest BCUT2D eigenvalue weighted by atomic mass is 10.2. The maximum atomic E-state index is 11.6. The summed E-state index contributed by atoms with van der Waals surface area (Å²) in [5.74, 6) is -0.244. The number of amides is 1. The van der Waals surface area contributed by atoms with Crippen LogP contribution in [0.5, 0.6) is 0 Å². The van der Waals surface area contributed by atoms with Crippen LogP contribution in [0.15, 0.2) is 59.4 Å². The maximum absolute atomic E-state index is 11.6. The highest BCUT2D eigenvalue weighted by Gasteiger charge is 2.09. The molecule has 0 unspecified atom stereocenters. The Morgan fingerprint density at radius 2 is 2.11 bits per heavy atom. The van der Waals surface area contributed by atoms with Crippen molar-refractivity contribution in [3.63, 3.8) is 0 Å². The van der Waals surface area contributed by atoms with E-state index in [2.05, 4.69) is 5.32 Å². The fraction of sp³-hybridized carbons (Fsp3) is 0.133. The number of hydrogen-bond donors (Lipinski definition) is 2. The molecular formula is C15H15NO3. The van der Waals surface area contributed by atoms with Crippen molar-refractivity contribution in [2.45, 2.75) is 6.10 Å². The molecule has 0 fully saturated rings. The zero-order valence-corrected chi connectivity index (χ0v) is 10.3. The lowest BCUT2D eigenvalue weighted by Gasteiger charge is -2.08. The summed E-state index contributed by atoms with van der Waals surface area (Å²) < 4.78 is 4.86. The molecule has 2 N–H and O–H groups in total. The van der Waals surface area contributed by atoms with Gasteiger partial charge < -0.3 is 14.8 Å². The first kappa shape index (κ1) is 13.1. The van der Waals surface area contributed by atoms with E-state index in [9.17, 15) is 9.90 Å². The highest BCUT2D eigenvalue weighted by molar-refractivity contribution is 5.91. The van der Waals surface area contributed by atoms with E-state index in [-0.39, 0.29) is 12.5 Å². The number of benzene rings is 1. The fourth-order valence-electron chi connectivity index (χ4n) is 1.57. The van der Waals surface area contributed by atoms with Gasteiger partial charge in [-0.15, -0.1) is 0 Å². The van der Waals surface area contributed by atoms with Gasteiger partial charge in [-0.2, -0.15) is 0 Å². The van der Waals surface area contributed by atoms with E-state index in [1.807, 2.05) is 30.3 Å². The van der Waals surface area contributed by atoms with Crippen molar-refractivity contribution < 1.29 is 14.3 Å². The van der Waals surface area contributed by atoms with Gasteiger partial charge in [0, 0.05) is 18.2 Å². The van der Waals surface area contributed by atoms with E-state index in [0.29, 0.717) is 5.56 Å². The Morgan fingerprint density at radius 3 is 2.79 bits per heavy atom. The molecule has 0 bridgehead atoms. The third-order valence-electron chi connectivity index (χ3n) is 2.62. The molecule has 0 spiro atoms. The van der Waals surface area contributed by atoms with Gasteiger partial charge in [0.2, 0.25) is 5.91 Å². The van der Waals surface area contributed by atoms with Crippen LogP contribution in [-0.2, 0) is 4.79 Å². The molecule has 4 nitrogen and oxygen atoms in total.